The molecule has 0 unspecified atom stereocenters. The van der Waals surface area contributed by atoms with Gasteiger partial charge in [0.1, 0.15) is 5.69 Å². The van der Waals surface area contributed by atoms with Crippen molar-refractivity contribution in [2.24, 2.45) is 5.73 Å². The number of nitrogens with two attached hydrogens (primary N) is 1. The fraction of sp³-hybridized carbons (Fsp3) is 0.200. The van der Waals surface area contributed by atoms with Gasteiger partial charge >= 0.3 is 0 Å². The molecule has 0 amide bonds. The lowest BCUT2D eigenvalue weighted by atomic mass is 10.1. The van der Waals surface area contributed by atoms with Crippen LogP contribution in [0.2, 0.25) is 0 Å². The molecule has 0 aliphatic carbocycles. The zero-order chi connectivity index (χ0) is 14.4. The summed E-state index contributed by atoms with van der Waals surface area (Å²) in [5.74, 6) is 0. The van der Waals surface area contributed by atoms with E-state index in [1.807, 2.05) is 24.3 Å². The van der Waals surface area contributed by atoms with E-state index < -0.39 is 0 Å². The number of rotatable bonds is 6. The Morgan fingerprint density at radius 3 is 2.35 bits per heavy atom. The van der Waals surface area contributed by atoms with Crippen molar-refractivity contribution in [3.8, 4) is 0 Å². The molecule has 0 aromatic heterocycles. The number of anilines is 1. The summed E-state index contributed by atoms with van der Waals surface area (Å²) in [6.45, 7) is 1.18. The number of nitrogens with zero attached hydrogens (tertiary/aromatic N) is 1. The van der Waals surface area contributed by atoms with Gasteiger partial charge in [-0.3, -0.25) is 10.1 Å². The molecule has 2 aromatic rings. The molecule has 0 heterocycles. The molecule has 2 rings (SSSR count). The van der Waals surface area contributed by atoms with E-state index in [9.17, 15) is 10.1 Å². The minimum absolute atomic E-state index is 0.0900. The Balaban J connectivity index is 2.03. The van der Waals surface area contributed by atoms with Gasteiger partial charge in [0.05, 0.1) is 4.92 Å². The largest absolute Gasteiger partial charge is 0.375 e. The molecular formula is C15H17N3O2. The van der Waals surface area contributed by atoms with Crippen molar-refractivity contribution in [2.45, 2.75) is 13.0 Å². The minimum Gasteiger partial charge on any atom is -0.375 e. The van der Waals surface area contributed by atoms with Crippen molar-refractivity contribution in [2.75, 3.05) is 11.9 Å². The topological polar surface area (TPSA) is 81.2 Å². The molecule has 0 saturated heterocycles. The minimum atomic E-state index is -0.382. The number of benzene rings is 2. The van der Waals surface area contributed by atoms with Gasteiger partial charge in [-0.2, -0.15) is 0 Å². The first-order valence-electron chi connectivity index (χ1n) is 6.46. The molecule has 0 atom stereocenters. The first kappa shape index (κ1) is 14.0. The lowest BCUT2D eigenvalue weighted by molar-refractivity contribution is -0.384. The van der Waals surface area contributed by atoms with Gasteiger partial charge in [0.15, 0.2) is 0 Å². The van der Waals surface area contributed by atoms with E-state index >= 15 is 0 Å². The molecule has 5 nitrogen and oxygen atoms in total. The summed E-state index contributed by atoms with van der Waals surface area (Å²) in [7, 11) is 0. The molecule has 3 N–H and O–H groups in total. The Hall–Kier alpha value is -2.40. The molecular weight excluding hydrogens is 254 g/mol. The van der Waals surface area contributed by atoms with Gasteiger partial charge in [0.25, 0.3) is 5.69 Å². The van der Waals surface area contributed by atoms with E-state index in [-0.39, 0.29) is 10.6 Å². The average Bonchev–Trinajstić information content (AvgIpc) is 2.47. The molecule has 20 heavy (non-hydrogen) atoms. The van der Waals surface area contributed by atoms with Gasteiger partial charge in [-0.15, -0.1) is 0 Å². The number of hydrogen-bond acceptors (Lipinski definition) is 4. The molecule has 0 saturated carbocycles. The molecule has 0 fully saturated rings. The molecule has 2 aromatic carbocycles. The maximum Gasteiger partial charge on any atom is 0.292 e. The van der Waals surface area contributed by atoms with Gasteiger partial charge in [-0.1, -0.05) is 36.4 Å². The van der Waals surface area contributed by atoms with E-state index in [1.54, 1.807) is 18.2 Å². The van der Waals surface area contributed by atoms with Gasteiger partial charge in [0.2, 0.25) is 0 Å². The average molecular weight is 271 g/mol. The Morgan fingerprint density at radius 1 is 1.05 bits per heavy atom. The first-order chi connectivity index (χ1) is 9.70. The summed E-state index contributed by atoms with van der Waals surface area (Å²) in [6, 6.07) is 14.7. The molecule has 5 heteroatoms. The van der Waals surface area contributed by atoms with Crippen LogP contribution < -0.4 is 11.1 Å². The maximum atomic E-state index is 10.9. The van der Waals surface area contributed by atoms with Gasteiger partial charge in [0, 0.05) is 12.6 Å². The fourth-order valence-corrected chi connectivity index (χ4v) is 1.97. The molecule has 0 bridgehead atoms. The van der Waals surface area contributed by atoms with Crippen LogP contribution in [-0.4, -0.2) is 11.5 Å². The van der Waals surface area contributed by atoms with Crippen molar-refractivity contribution < 1.29 is 4.92 Å². The third-order valence-corrected chi connectivity index (χ3v) is 3.04. The zero-order valence-electron chi connectivity index (χ0n) is 11.1. The van der Waals surface area contributed by atoms with Crippen molar-refractivity contribution >= 4 is 11.4 Å². The Labute approximate surface area is 117 Å². The summed E-state index contributed by atoms with van der Waals surface area (Å²) in [6.07, 6.45) is 0.859. The van der Waals surface area contributed by atoms with E-state index in [1.165, 1.54) is 11.6 Å². The molecule has 0 aliphatic heterocycles. The summed E-state index contributed by atoms with van der Waals surface area (Å²) in [4.78, 5) is 10.5. The van der Waals surface area contributed by atoms with Crippen molar-refractivity contribution in [1.82, 2.24) is 0 Å². The highest BCUT2D eigenvalue weighted by Gasteiger charge is 2.11. The predicted octanol–water partition coefficient (Wildman–Crippen LogP) is 2.71. The fourth-order valence-electron chi connectivity index (χ4n) is 1.97. The normalized spacial score (nSPS) is 10.2. The summed E-state index contributed by atoms with van der Waals surface area (Å²) in [5.41, 5.74) is 8.39. The highest BCUT2D eigenvalue weighted by atomic mass is 16.6. The summed E-state index contributed by atoms with van der Waals surface area (Å²) < 4.78 is 0. The van der Waals surface area contributed by atoms with Gasteiger partial charge in [-0.25, -0.2) is 0 Å². The van der Waals surface area contributed by atoms with E-state index in [0.29, 0.717) is 18.8 Å². The van der Waals surface area contributed by atoms with Crippen molar-refractivity contribution in [3.05, 3.63) is 69.8 Å². The van der Waals surface area contributed by atoms with Crippen LogP contribution in [0.25, 0.3) is 0 Å². The quantitative estimate of drug-likeness (QED) is 0.625. The SMILES string of the molecule is NCCc1ccc(CNc2ccccc2[N+](=O)[O-])cc1. The van der Waals surface area contributed by atoms with E-state index in [0.717, 1.165) is 12.0 Å². The lowest BCUT2D eigenvalue weighted by Gasteiger charge is -2.07. The van der Waals surface area contributed by atoms with Crippen LogP contribution in [0.5, 0.6) is 0 Å². The number of nitrogens with one attached hydrogen (secondary N) is 1. The van der Waals surface area contributed by atoms with Crippen LogP contribution in [0.1, 0.15) is 11.1 Å². The van der Waals surface area contributed by atoms with Crippen LogP contribution in [-0.2, 0) is 13.0 Å². The second kappa shape index (κ2) is 6.68. The van der Waals surface area contributed by atoms with E-state index in [2.05, 4.69) is 5.32 Å². The first-order valence-corrected chi connectivity index (χ1v) is 6.46. The second-order valence-corrected chi connectivity index (χ2v) is 4.48. The van der Waals surface area contributed by atoms with Gasteiger partial charge in [-0.05, 0) is 30.2 Å². The van der Waals surface area contributed by atoms with Gasteiger partial charge < -0.3 is 11.1 Å². The van der Waals surface area contributed by atoms with Crippen LogP contribution in [0, 0.1) is 10.1 Å². The second-order valence-electron chi connectivity index (χ2n) is 4.48. The molecule has 104 valence electrons. The third kappa shape index (κ3) is 3.55. The standard InChI is InChI=1S/C15H17N3O2/c16-10-9-12-5-7-13(8-6-12)11-17-14-3-1-2-4-15(14)18(19)20/h1-8,17H,9-11,16H2. The highest BCUT2D eigenvalue weighted by Crippen LogP contribution is 2.23. The monoisotopic (exact) mass is 271 g/mol. The van der Waals surface area contributed by atoms with Crippen LogP contribution >= 0.6 is 0 Å². The number of nitro groups is 1. The van der Waals surface area contributed by atoms with Crippen LogP contribution in [0.15, 0.2) is 48.5 Å². The number of para-hydroxylation sites is 2. The summed E-state index contributed by atoms with van der Waals surface area (Å²) in [5, 5.41) is 14.0. The Kier molecular flexibility index (Phi) is 4.68. The zero-order valence-corrected chi connectivity index (χ0v) is 11.1. The lowest BCUT2D eigenvalue weighted by Crippen LogP contribution is -2.04. The van der Waals surface area contributed by atoms with Crippen molar-refractivity contribution in [1.29, 1.82) is 0 Å². The smallest absolute Gasteiger partial charge is 0.292 e. The van der Waals surface area contributed by atoms with Crippen LogP contribution in [0.3, 0.4) is 0 Å². The Morgan fingerprint density at radius 2 is 1.70 bits per heavy atom. The van der Waals surface area contributed by atoms with E-state index in [4.69, 9.17) is 5.73 Å². The number of nitro benzene ring substituents is 1. The Bertz CT molecular complexity index is 582. The molecule has 0 aliphatic rings. The third-order valence-electron chi connectivity index (χ3n) is 3.04. The summed E-state index contributed by atoms with van der Waals surface area (Å²) >= 11 is 0. The molecule has 0 spiro atoms. The molecule has 0 radical (unpaired) electrons. The highest BCUT2D eigenvalue weighted by molar-refractivity contribution is 5.61. The maximum absolute atomic E-state index is 10.9. The predicted molar refractivity (Wildman–Crippen MR) is 79.6 cm³/mol. The number of hydrogen-bond donors (Lipinski definition) is 2. The van der Waals surface area contributed by atoms with Crippen molar-refractivity contribution in [3.63, 3.8) is 0 Å². The van der Waals surface area contributed by atoms with Crippen LogP contribution in [0.4, 0.5) is 11.4 Å².